The standard InChI is InChI=1S/C13H13FN2OS/c1-9-7-12(17)16(2)13(15-9)18-8-10-3-5-11(14)6-4-10/h3-7H,8H2,1-2H3. The van der Waals surface area contributed by atoms with Gasteiger partial charge in [-0.3, -0.25) is 9.36 Å². The fraction of sp³-hybridized carbons (Fsp3) is 0.231. The van der Waals surface area contributed by atoms with Crippen molar-refractivity contribution in [1.29, 1.82) is 0 Å². The molecular weight excluding hydrogens is 251 g/mol. The van der Waals surface area contributed by atoms with Crippen LogP contribution in [-0.4, -0.2) is 9.55 Å². The second-order valence-corrected chi connectivity index (χ2v) is 4.93. The summed E-state index contributed by atoms with van der Waals surface area (Å²) in [6.45, 7) is 1.79. The van der Waals surface area contributed by atoms with Crippen LogP contribution in [0.25, 0.3) is 0 Å². The Morgan fingerprint density at radius 1 is 1.33 bits per heavy atom. The molecule has 1 aromatic heterocycles. The zero-order valence-corrected chi connectivity index (χ0v) is 11.0. The van der Waals surface area contributed by atoms with Crippen LogP contribution in [0.2, 0.25) is 0 Å². The first-order chi connectivity index (χ1) is 8.56. The van der Waals surface area contributed by atoms with Crippen LogP contribution in [0.3, 0.4) is 0 Å². The molecule has 0 N–H and O–H groups in total. The Balaban J connectivity index is 2.15. The van der Waals surface area contributed by atoms with E-state index in [1.807, 2.05) is 0 Å². The van der Waals surface area contributed by atoms with Gasteiger partial charge >= 0.3 is 0 Å². The van der Waals surface area contributed by atoms with Gasteiger partial charge in [-0.25, -0.2) is 9.37 Å². The molecule has 5 heteroatoms. The van der Waals surface area contributed by atoms with Gasteiger partial charge in [-0.15, -0.1) is 0 Å². The first-order valence-corrected chi connectivity index (χ1v) is 6.47. The van der Waals surface area contributed by atoms with E-state index in [0.29, 0.717) is 16.6 Å². The highest BCUT2D eigenvalue weighted by Gasteiger charge is 2.04. The van der Waals surface area contributed by atoms with Crippen molar-refractivity contribution in [2.45, 2.75) is 17.8 Å². The summed E-state index contributed by atoms with van der Waals surface area (Å²) in [6, 6.07) is 7.83. The number of rotatable bonds is 3. The van der Waals surface area contributed by atoms with Gasteiger partial charge in [-0.2, -0.15) is 0 Å². The highest BCUT2D eigenvalue weighted by atomic mass is 32.2. The van der Waals surface area contributed by atoms with Crippen LogP contribution in [0.1, 0.15) is 11.3 Å². The van der Waals surface area contributed by atoms with Crippen LogP contribution in [0.5, 0.6) is 0 Å². The van der Waals surface area contributed by atoms with E-state index < -0.39 is 0 Å². The maximum absolute atomic E-state index is 12.8. The molecule has 94 valence electrons. The van der Waals surface area contributed by atoms with Crippen molar-refractivity contribution < 1.29 is 4.39 Å². The second-order valence-electron chi connectivity index (χ2n) is 3.99. The highest BCUT2D eigenvalue weighted by Crippen LogP contribution is 2.19. The summed E-state index contributed by atoms with van der Waals surface area (Å²) in [5, 5.41) is 0.671. The molecule has 18 heavy (non-hydrogen) atoms. The van der Waals surface area contributed by atoms with E-state index in [0.717, 1.165) is 5.56 Å². The van der Waals surface area contributed by atoms with Crippen molar-refractivity contribution in [1.82, 2.24) is 9.55 Å². The molecule has 1 aromatic carbocycles. The number of aryl methyl sites for hydroxylation is 1. The summed E-state index contributed by atoms with van der Waals surface area (Å²) < 4.78 is 14.3. The van der Waals surface area contributed by atoms with Crippen LogP contribution in [0.15, 0.2) is 40.3 Å². The lowest BCUT2D eigenvalue weighted by Crippen LogP contribution is -2.19. The number of nitrogens with zero attached hydrogens (tertiary/aromatic N) is 2. The summed E-state index contributed by atoms with van der Waals surface area (Å²) in [6.07, 6.45) is 0. The quantitative estimate of drug-likeness (QED) is 0.631. The Kier molecular flexibility index (Phi) is 3.81. The average Bonchev–Trinajstić information content (AvgIpc) is 2.34. The molecule has 1 heterocycles. The van der Waals surface area contributed by atoms with Crippen LogP contribution >= 0.6 is 11.8 Å². The van der Waals surface area contributed by atoms with Gasteiger partial charge in [0.05, 0.1) is 0 Å². The first-order valence-electron chi connectivity index (χ1n) is 5.48. The van der Waals surface area contributed by atoms with E-state index in [9.17, 15) is 9.18 Å². The molecule has 0 amide bonds. The largest absolute Gasteiger partial charge is 0.291 e. The number of hydrogen-bond acceptors (Lipinski definition) is 3. The normalized spacial score (nSPS) is 10.6. The molecule has 2 rings (SSSR count). The lowest BCUT2D eigenvalue weighted by molar-refractivity contribution is 0.627. The maximum Gasteiger partial charge on any atom is 0.254 e. The van der Waals surface area contributed by atoms with Gasteiger partial charge in [0.25, 0.3) is 5.56 Å². The number of hydrogen-bond donors (Lipinski definition) is 0. The van der Waals surface area contributed by atoms with E-state index in [2.05, 4.69) is 4.98 Å². The second kappa shape index (κ2) is 5.35. The average molecular weight is 264 g/mol. The SMILES string of the molecule is Cc1cc(=O)n(C)c(SCc2ccc(F)cc2)n1. The number of thioether (sulfide) groups is 1. The lowest BCUT2D eigenvalue weighted by atomic mass is 10.2. The van der Waals surface area contributed by atoms with Gasteiger partial charge in [0, 0.05) is 24.6 Å². The zero-order valence-electron chi connectivity index (χ0n) is 10.2. The third-order valence-electron chi connectivity index (χ3n) is 2.50. The van der Waals surface area contributed by atoms with Gasteiger partial charge in [-0.1, -0.05) is 23.9 Å². The van der Waals surface area contributed by atoms with Crippen LogP contribution in [0.4, 0.5) is 4.39 Å². The van der Waals surface area contributed by atoms with Gasteiger partial charge in [0.1, 0.15) is 5.82 Å². The highest BCUT2D eigenvalue weighted by molar-refractivity contribution is 7.98. The molecule has 0 radical (unpaired) electrons. The Bertz CT molecular complexity index is 607. The third kappa shape index (κ3) is 2.98. The molecule has 0 aliphatic carbocycles. The third-order valence-corrected chi connectivity index (χ3v) is 3.60. The van der Waals surface area contributed by atoms with E-state index in [4.69, 9.17) is 0 Å². The van der Waals surface area contributed by atoms with Crippen molar-refractivity contribution in [2.24, 2.45) is 7.05 Å². The van der Waals surface area contributed by atoms with Gasteiger partial charge < -0.3 is 0 Å². The maximum atomic E-state index is 12.8. The molecule has 2 aromatic rings. The lowest BCUT2D eigenvalue weighted by Gasteiger charge is -2.07. The summed E-state index contributed by atoms with van der Waals surface area (Å²) in [5.74, 6) is 0.411. The minimum Gasteiger partial charge on any atom is -0.291 e. The molecule has 0 fully saturated rings. The summed E-state index contributed by atoms with van der Waals surface area (Å²) >= 11 is 1.46. The van der Waals surface area contributed by atoms with Crippen molar-refractivity contribution in [3.05, 3.63) is 57.8 Å². The fourth-order valence-corrected chi connectivity index (χ4v) is 2.47. The Labute approximate surface area is 109 Å². The van der Waals surface area contributed by atoms with E-state index >= 15 is 0 Å². The van der Waals surface area contributed by atoms with Crippen LogP contribution in [0, 0.1) is 12.7 Å². The summed E-state index contributed by atoms with van der Waals surface area (Å²) in [7, 11) is 1.70. The predicted molar refractivity (Wildman–Crippen MR) is 70.2 cm³/mol. The van der Waals surface area contributed by atoms with Gasteiger partial charge in [0.2, 0.25) is 0 Å². The molecule has 3 nitrogen and oxygen atoms in total. The van der Waals surface area contributed by atoms with Crippen LogP contribution in [-0.2, 0) is 12.8 Å². The molecule has 0 aliphatic rings. The zero-order chi connectivity index (χ0) is 13.1. The Hall–Kier alpha value is -1.62. The van der Waals surface area contributed by atoms with E-state index in [1.54, 1.807) is 26.1 Å². The number of aromatic nitrogens is 2. The molecule has 0 atom stereocenters. The van der Waals surface area contributed by atoms with Crippen molar-refractivity contribution in [3.63, 3.8) is 0 Å². The van der Waals surface area contributed by atoms with E-state index in [-0.39, 0.29) is 11.4 Å². The molecule has 0 spiro atoms. The molecule has 0 saturated heterocycles. The van der Waals surface area contributed by atoms with Crippen LogP contribution < -0.4 is 5.56 Å². The molecule has 0 unspecified atom stereocenters. The Morgan fingerprint density at radius 2 is 2.00 bits per heavy atom. The van der Waals surface area contributed by atoms with Crippen molar-refractivity contribution in [3.8, 4) is 0 Å². The molecule has 0 saturated carbocycles. The topological polar surface area (TPSA) is 34.9 Å². The van der Waals surface area contributed by atoms with Gasteiger partial charge in [0.15, 0.2) is 5.16 Å². The molecule has 0 aliphatic heterocycles. The minimum absolute atomic E-state index is 0.0656. The Morgan fingerprint density at radius 3 is 2.67 bits per heavy atom. The summed E-state index contributed by atoms with van der Waals surface area (Å²) in [4.78, 5) is 15.9. The van der Waals surface area contributed by atoms with Crippen molar-refractivity contribution >= 4 is 11.8 Å². The number of halogens is 1. The van der Waals surface area contributed by atoms with E-state index in [1.165, 1.54) is 34.5 Å². The summed E-state index contributed by atoms with van der Waals surface area (Å²) in [5.41, 5.74) is 1.64. The predicted octanol–water partition coefficient (Wildman–Crippen LogP) is 2.52. The molecular formula is C13H13FN2OS. The smallest absolute Gasteiger partial charge is 0.254 e. The van der Waals surface area contributed by atoms with Crippen molar-refractivity contribution in [2.75, 3.05) is 0 Å². The monoisotopic (exact) mass is 264 g/mol. The minimum atomic E-state index is -0.246. The first kappa shape index (κ1) is 12.8. The van der Waals surface area contributed by atoms with Gasteiger partial charge in [-0.05, 0) is 24.6 Å². The molecule has 0 bridgehead atoms. The fourth-order valence-electron chi connectivity index (χ4n) is 1.49. The number of benzene rings is 1.